The summed E-state index contributed by atoms with van der Waals surface area (Å²) in [4.78, 5) is 23.0. The Balaban J connectivity index is 2.02. The first kappa shape index (κ1) is 12.1. The number of nitrogens with zero attached hydrogens (tertiary/aromatic N) is 1. The van der Waals surface area contributed by atoms with E-state index in [1.807, 2.05) is 18.2 Å². The van der Waals surface area contributed by atoms with Crippen molar-refractivity contribution < 1.29 is 4.79 Å². The van der Waals surface area contributed by atoms with Crippen LogP contribution in [0.15, 0.2) is 53.5 Å². The minimum Gasteiger partial charge on any atom is -0.348 e. The highest BCUT2D eigenvalue weighted by molar-refractivity contribution is 5.94. The fraction of sp³-hybridized carbons (Fsp3) is 0.143. The molecule has 18 heavy (non-hydrogen) atoms. The molecule has 0 aliphatic carbocycles. The normalized spacial score (nSPS) is 10.1. The molecule has 4 heteroatoms. The number of rotatable bonds is 3. The molecule has 0 bridgehead atoms. The van der Waals surface area contributed by atoms with Crippen molar-refractivity contribution in [2.75, 3.05) is 0 Å². The first-order chi connectivity index (χ1) is 8.66. The molecule has 0 radical (unpaired) electrons. The van der Waals surface area contributed by atoms with E-state index in [9.17, 15) is 9.59 Å². The van der Waals surface area contributed by atoms with Crippen molar-refractivity contribution in [2.24, 2.45) is 7.05 Å². The van der Waals surface area contributed by atoms with Crippen LogP contribution in [0.5, 0.6) is 0 Å². The number of amides is 1. The summed E-state index contributed by atoms with van der Waals surface area (Å²) in [6.07, 6.45) is 1.72. The summed E-state index contributed by atoms with van der Waals surface area (Å²) in [6, 6.07) is 12.2. The Kier molecular flexibility index (Phi) is 3.57. The van der Waals surface area contributed by atoms with Gasteiger partial charge in [-0.1, -0.05) is 24.3 Å². The molecule has 92 valence electrons. The first-order valence-electron chi connectivity index (χ1n) is 5.65. The van der Waals surface area contributed by atoms with Crippen molar-refractivity contribution in [1.82, 2.24) is 9.88 Å². The van der Waals surface area contributed by atoms with Gasteiger partial charge in [-0.3, -0.25) is 9.59 Å². The Hall–Kier alpha value is -2.36. The van der Waals surface area contributed by atoms with Crippen LogP contribution in [0.1, 0.15) is 15.9 Å². The van der Waals surface area contributed by atoms with Crippen LogP contribution in [-0.4, -0.2) is 10.5 Å². The topological polar surface area (TPSA) is 51.1 Å². The van der Waals surface area contributed by atoms with Crippen LogP contribution < -0.4 is 10.9 Å². The Morgan fingerprint density at radius 1 is 1.17 bits per heavy atom. The summed E-state index contributed by atoms with van der Waals surface area (Å²) < 4.78 is 1.49. The molecular weight excluding hydrogens is 228 g/mol. The van der Waals surface area contributed by atoms with E-state index >= 15 is 0 Å². The number of hydrogen-bond donors (Lipinski definition) is 1. The molecule has 1 amide bonds. The van der Waals surface area contributed by atoms with E-state index in [1.165, 1.54) is 10.6 Å². The molecule has 0 saturated heterocycles. The molecule has 0 aliphatic rings. The molecule has 1 aromatic carbocycles. The van der Waals surface area contributed by atoms with Gasteiger partial charge in [0.25, 0.3) is 5.91 Å². The van der Waals surface area contributed by atoms with Crippen molar-refractivity contribution in [1.29, 1.82) is 0 Å². The molecule has 2 aromatic rings. The molecule has 0 spiro atoms. The molecule has 4 nitrogen and oxygen atoms in total. The molecule has 2 rings (SSSR count). The van der Waals surface area contributed by atoms with E-state index < -0.39 is 0 Å². The second kappa shape index (κ2) is 5.31. The van der Waals surface area contributed by atoms with Gasteiger partial charge >= 0.3 is 0 Å². The Bertz CT molecular complexity index is 603. The number of aryl methyl sites for hydroxylation is 1. The number of carbonyl (C=O) groups excluding carboxylic acids is 1. The molecule has 0 saturated carbocycles. The van der Waals surface area contributed by atoms with Crippen LogP contribution in [0.3, 0.4) is 0 Å². The quantitative estimate of drug-likeness (QED) is 0.882. The SMILES string of the molecule is Cn1cc(CNC(=O)c2ccccc2)ccc1=O. The lowest BCUT2D eigenvalue weighted by molar-refractivity contribution is 0.0951. The Labute approximate surface area is 105 Å². The van der Waals surface area contributed by atoms with Gasteiger partial charge in [-0.15, -0.1) is 0 Å². The summed E-state index contributed by atoms with van der Waals surface area (Å²) >= 11 is 0. The summed E-state index contributed by atoms with van der Waals surface area (Å²) in [7, 11) is 1.69. The lowest BCUT2D eigenvalue weighted by atomic mass is 10.2. The third-order valence-electron chi connectivity index (χ3n) is 2.64. The number of carbonyl (C=O) groups is 1. The van der Waals surface area contributed by atoms with Gasteiger partial charge < -0.3 is 9.88 Å². The minimum absolute atomic E-state index is 0.0619. The van der Waals surface area contributed by atoms with Gasteiger partial charge in [-0.05, 0) is 17.7 Å². The van der Waals surface area contributed by atoms with Gasteiger partial charge in [0.1, 0.15) is 0 Å². The number of hydrogen-bond acceptors (Lipinski definition) is 2. The standard InChI is InChI=1S/C14H14N2O2/c1-16-10-11(7-8-13(16)17)9-15-14(18)12-5-3-2-4-6-12/h2-8,10H,9H2,1H3,(H,15,18). The summed E-state index contributed by atoms with van der Waals surface area (Å²) in [6.45, 7) is 0.405. The first-order valence-corrected chi connectivity index (χ1v) is 5.65. The van der Waals surface area contributed by atoms with E-state index in [4.69, 9.17) is 0 Å². The third kappa shape index (κ3) is 2.85. The van der Waals surface area contributed by atoms with Crippen LogP contribution in [0.2, 0.25) is 0 Å². The van der Waals surface area contributed by atoms with Gasteiger partial charge in [0.05, 0.1) is 0 Å². The predicted molar refractivity (Wildman–Crippen MR) is 69.3 cm³/mol. The summed E-state index contributed by atoms with van der Waals surface area (Å²) in [5.41, 5.74) is 1.46. The van der Waals surface area contributed by atoms with Crippen LogP contribution in [0.4, 0.5) is 0 Å². The number of benzene rings is 1. The number of nitrogens with one attached hydrogen (secondary N) is 1. The zero-order valence-corrected chi connectivity index (χ0v) is 10.1. The molecule has 0 atom stereocenters. The molecule has 0 fully saturated rings. The van der Waals surface area contributed by atoms with E-state index in [2.05, 4.69) is 5.32 Å². The van der Waals surface area contributed by atoms with E-state index in [-0.39, 0.29) is 11.5 Å². The molecule has 1 N–H and O–H groups in total. The van der Waals surface area contributed by atoms with Gasteiger partial charge in [-0.25, -0.2) is 0 Å². The van der Waals surface area contributed by atoms with E-state index in [1.54, 1.807) is 31.4 Å². The smallest absolute Gasteiger partial charge is 0.251 e. The van der Waals surface area contributed by atoms with Crippen LogP contribution in [0, 0.1) is 0 Å². The Morgan fingerprint density at radius 3 is 2.56 bits per heavy atom. The van der Waals surface area contributed by atoms with Crippen LogP contribution >= 0.6 is 0 Å². The van der Waals surface area contributed by atoms with Crippen molar-refractivity contribution in [3.8, 4) is 0 Å². The maximum Gasteiger partial charge on any atom is 0.251 e. The second-order valence-corrected chi connectivity index (χ2v) is 4.04. The monoisotopic (exact) mass is 242 g/mol. The maximum atomic E-state index is 11.8. The van der Waals surface area contributed by atoms with Crippen molar-refractivity contribution in [3.63, 3.8) is 0 Å². The van der Waals surface area contributed by atoms with Gasteiger partial charge in [0, 0.05) is 31.4 Å². The predicted octanol–water partition coefficient (Wildman–Crippen LogP) is 1.32. The summed E-state index contributed by atoms with van der Waals surface area (Å²) in [5.74, 6) is -0.121. The molecule has 0 aliphatic heterocycles. The molecular formula is C14H14N2O2. The number of pyridine rings is 1. The van der Waals surface area contributed by atoms with Gasteiger partial charge in [0.2, 0.25) is 5.56 Å². The van der Waals surface area contributed by atoms with Crippen molar-refractivity contribution in [3.05, 3.63) is 70.1 Å². The molecule has 1 aromatic heterocycles. The Morgan fingerprint density at radius 2 is 1.89 bits per heavy atom. The van der Waals surface area contributed by atoms with Gasteiger partial charge in [-0.2, -0.15) is 0 Å². The average Bonchev–Trinajstić information content (AvgIpc) is 2.41. The molecule has 0 unspecified atom stereocenters. The average molecular weight is 242 g/mol. The van der Waals surface area contributed by atoms with Gasteiger partial charge in [0.15, 0.2) is 0 Å². The van der Waals surface area contributed by atoms with Crippen LogP contribution in [0.25, 0.3) is 0 Å². The zero-order valence-electron chi connectivity index (χ0n) is 10.1. The highest BCUT2D eigenvalue weighted by atomic mass is 16.1. The lowest BCUT2D eigenvalue weighted by Crippen LogP contribution is -2.24. The highest BCUT2D eigenvalue weighted by Crippen LogP contribution is 2.00. The van der Waals surface area contributed by atoms with Crippen LogP contribution in [-0.2, 0) is 13.6 Å². The van der Waals surface area contributed by atoms with Crippen molar-refractivity contribution in [2.45, 2.75) is 6.54 Å². The largest absolute Gasteiger partial charge is 0.348 e. The fourth-order valence-electron chi connectivity index (χ4n) is 1.63. The molecule has 1 heterocycles. The zero-order chi connectivity index (χ0) is 13.0. The number of aromatic nitrogens is 1. The minimum atomic E-state index is -0.121. The van der Waals surface area contributed by atoms with E-state index in [0.29, 0.717) is 12.1 Å². The van der Waals surface area contributed by atoms with Crippen molar-refractivity contribution >= 4 is 5.91 Å². The lowest BCUT2D eigenvalue weighted by Gasteiger charge is -2.06. The third-order valence-corrected chi connectivity index (χ3v) is 2.64. The summed E-state index contributed by atoms with van der Waals surface area (Å²) in [5, 5.41) is 2.81. The maximum absolute atomic E-state index is 11.8. The van der Waals surface area contributed by atoms with E-state index in [0.717, 1.165) is 5.56 Å². The fourth-order valence-corrected chi connectivity index (χ4v) is 1.63. The highest BCUT2D eigenvalue weighted by Gasteiger charge is 2.04. The second-order valence-electron chi connectivity index (χ2n) is 4.04.